The Morgan fingerprint density at radius 3 is 2.56 bits per heavy atom. The fraction of sp³-hybridized carbons (Fsp3) is 0.750. The third kappa shape index (κ3) is 3.85. The van der Waals surface area contributed by atoms with E-state index in [2.05, 4.69) is 31.1 Å². The van der Waals surface area contributed by atoms with Gasteiger partial charge in [-0.25, -0.2) is 4.98 Å². The molecule has 3 nitrogen and oxygen atoms in total. The van der Waals surface area contributed by atoms with E-state index in [1.807, 2.05) is 12.4 Å². The first-order valence-corrected chi connectivity index (χ1v) is 6.69. The van der Waals surface area contributed by atoms with E-state index in [1.54, 1.807) is 11.3 Å². The molecule has 2 N–H and O–H groups in total. The molecule has 0 saturated heterocycles. The first-order chi connectivity index (χ1) is 7.54. The molecule has 0 saturated carbocycles. The zero-order valence-electron chi connectivity index (χ0n) is 10.5. The monoisotopic (exact) mass is 242 g/mol. The van der Waals surface area contributed by atoms with Crippen molar-refractivity contribution in [2.45, 2.75) is 46.2 Å². The molecule has 2 atom stereocenters. The Bertz CT molecular complexity index is 312. The van der Waals surface area contributed by atoms with Gasteiger partial charge in [-0.1, -0.05) is 13.8 Å². The van der Waals surface area contributed by atoms with Crippen LogP contribution in [0.2, 0.25) is 0 Å². The molecule has 2 unspecified atom stereocenters. The fourth-order valence-electron chi connectivity index (χ4n) is 1.92. The quantitative estimate of drug-likeness (QED) is 0.805. The molecule has 0 fully saturated rings. The summed E-state index contributed by atoms with van der Waals surface area (Å²) < 4.78 is 0. The highest BCUT2D eigenvalue weighted by molar-refractivity contribution is 7.09. The molecule has 1 heterocycles. The number of aliphatic hydroxyl groups is 1. The lowest BCUT2D eigenvalue weighted by Crippen LogP contribution is -2.35. The smallest absolute Gasteiger partial charge is 0.0798 e. The predicted molar refractivity (Wildman–Crippen MR) is 68.7 cm³/mol. The standard InChI is InChI=1S/C12H22N2OS/c1-8(2)5-11(6-15)14-10(4)12-9(3)13-7-16-12/h7-8,10-11,14-15H,5-6H2,1-4H3. The Balaban J connectivity index is 2.55. The Kier molecular flexibility index (Phi) is 5.38. The molecule has 1 aromatic heterocycles. The summed E-state index contributed by atoms with van der Waals surface area (Å²) in [5, 5.41) is 12.8. The molecule has 0 amide bonds. The average Bonchev–Trinajstić information content (AvgIpc) is 2.62. The SMILES string of the molecule is Cc1ncsc1C(C)NC(CO)CC(C)C. The van der Waals surface area contributed by atoms with Gasteiger partial charge in [0.25, 0.3) is 0 Å². The topological polar surface area (TPSA) is 45.2 Å². The number of nitrogens with zero attached hydrogens (tertiary/aromatic N) is 1. The maximum Gasteiger partial charge on any atom is 0.0798 e. The van der Waals surface area contributed by atoms with Crippen LogP contribution in [0.3, 0.4) is 0 Å². The van der Waals surface area contributed by atoms with Crippen molar-refractivity contribution in [2.75, 3.05) is 6.61 Å². The fourth-order valence-corrected chi connectivity index (χ4v) is 2.74. The highest BCUT2D eigenvalue weighted by atomic mass is 32.1. The van der Waals surface area contributed by atoms with Crippen LogP contribution in [0.5, 0.6) is 0 Å². The number of hydrogen-bond donors (Lipinski definition) is 2. The molecule has 16 heavy (non-hydrogen) atoms. The van der Waals surface area contributed by atoms with Gasteiger partial charge in [0.2, 0.25) is 0 Å². The van der Waals surface area contributed by atoms with Crippen LogP contribution in [0.25, 0.3) is 0 Å². The van der Waals surface area contributed by atoms with Crippen molar-refractivity contribution in [2.24, 2.45) is 5.92 Å². The Labute approximate surface area is 102 Å². The second-order valence-corrected chi connectivity index (χ2v) is 5.59. The van der Waals surface area contributed by atoms with Gasteiger partial charge in [-0.05, 0) is 26.2 Å². The molecule has 0 aliphatic rings. The van der Waals surface area contributed by atoms with Crippen molar-refractivity contribution in [1.82, 2.24) is 10.3 Å². The third-order valence-electron chi connectivity index (χ3n) is 2.64. The number of hydrogen-bond acceptors (Lipinski definition) is 4. The summed E-state index contributed by atoms with van der Waals surface area (Å²) in [6, 6.07) is 0.444. The largest absolute Gasteiger partial charge is 0.395 e. The summed E-state index contributed by atoms with van der Waals surface area (Å²) in [6.07, 6.45) is 0.999. The minimum atomic E-state index is 0.177. The number of aromatic nitrogens is 1. The van der Waals surface area contributed by atoms with Crippen LogP contribution in [0.15, 0.2) is 5.51 Å². The molecule has 0 aliphatic carbocycles. The first kappa shape index (κ1) is 13.6. The summed E-state index contributed by atoms with van der Waals surface area (Å²) >= 11 is 1.67. The Morgan fingerprint density at radius 2 is 2.12 bits per heavy atom. The van der Waals surface area contributed by atoms with Crippen LogP contribution in [0, 0.1) is 12.8 Å². The van der Waals surface area contributed by atoms with E-state index in [1.165, 1.54) is 4.88 Å². The lowest BCUT2D eigenvalue weighted by atomic mass is 10.0. The van der Waals surface area contributed by atoms with Crippen LogP contribution in [0.4, 0.5) is 0 Å². The number of aryl methyl sites for hydroxylation is 1. The van der Waals surface area contributed by atoms with Crippen LogP contribution in [-0.4, -0.2) is 22.7 Å². The molecule has 0 aromatic carbocycles. The van der Waals surface area contributed by atoms with Gasteiger partial charge in [0.1, 0.15) is 0 Å². The minimum absolute atomic E-state index is 0.177. The van der Waals surface area contributed by atoms with Crippen molar-refractivity contribution in [1.29, 1.82) is 0 Å². The van der Waals surface area contributed by atoms with E-state index in [-0.39, 0.29) is 18.7 Å². The van der Waals surface area contributed by atoms with Crippen LogP contribution < -0.4 is 5.32 Å². The second-order valence-electron chi connectivity index (χ2n) is 4.70. The summed E-state index contributed by atoms with van der Waals surface area (Å²) in [5.74, 6) is 0.597. The van der Waals surface area contributed by atoms with Crippen molar-refractivity contribution in [3.8, 4) is 0 Å². The van der Waals surface area contributed by atoms with Gasteiger partial charge in [0.05, 0.1) is 17.8 Å². The predicted octanol–water partition coefficient (Wildman–Crippen LogP) is 2.51. The zero-order valence-corrected chi connectivity index (χ0v) is 11.3. The van der Waals surface area contributed by atoms with Crippen LogP contribution in [0.1, 0.15) is 43.8 Å². The summed E-state index contributed by atoms with van der Waals surface area (Å²) in [6.45, 7) is 8.70. The van der Waals surface area contributed by atoms with Crippen molar-refractivity contribution in [3.63, 3.8) is 0 Å². The van der Waals surface area contributed by atoms with Crippen LogP contribution >= 0.6 is 11.3 Å². The van der Waals surface area contributed by atoms with Crippen molar-refractivity contribution >= 4 is 11.3 Å². The molecule has 92 valence electrons. The molecule has 1 aromatic rings. The van der Waals surface area contributed by atoms with Gasteiger partial charge in [-0.3, -0.25) is 0 Å². The van der Waals surface area contributed by atoms with E-state index in [9.17, 15) is 5.11 Å². The molecule has 1 rings (SSSR count). The van der Waals surface area contributed by atoms with Crippen molar-refractivity contribution in [3.05, 3.63) is 16.1 Å². The molecular weight excluding hydrogens is 220 g/mol. The van der Waals surface area contributed by atoms with E-state index >= 15 is 0 Å². The molecule has 0 radical (unpaired) electrons. The lowest BCUT2D eigenvalue weighted by molar-refractivity contribution is 0.215. The Hall–Kier alpha value is -0.450. The minimum Gasteiger partial charge on any atom is -0.395 e. The summed E-state index contributed by atoms with van der Waals surface area (Å²) in [7, 11) is 0. The number of nitrogens with one attached hydrogen (secondary N) is 1. The van der Waals surface area contributed by atoms with Gasteiger partial charge in [-0.2, -0.15) is 0 Å². The maximum atomic E-state index is 9.32. The van der Waals surface area contributed by atoms with E-state index in [0.717, 1.165) is 12.1 Å². The van der Waals surface area contributed by atoms with E-state index in [0.29, 0.717) is 5.92 Å². The summed E-state index contributed by atoms with van der Waals surface area (Å²) in [4.78, 5) is 5.51. The highest BCUT2D eigenvalue weighted by Gasteiger charge is 2.16. The van der Waals surface area contributed by atoms with Crippen LogP contribution in [-0.2, 0) is 0 Å². The molecule has 0 spiro atoms. The van der Waals surface area contributed by atoms with Gasteiger partial charge >= 0.3 is 0 Å². The lowest BCUT2D eigenvalue weighted by Gasteiger charge is -2.22. The zero-order chi connectivity index (χ0) is 12.1. The van der Waals surface area contributed by atoms with Gasteiger partial charge in [-0.15, -0.1) is 11.3 Å². The molecular formula is C12H22N2OS. The van der Waals surface area contributed by atoms with E-state index in [4.69, 9.17) is 0 Å². The van der Waals surface area contributed by atoms with E-state index < -0.39 is 0 Å². The van der Waals surface area contributed by atoms with Crippen molar-refractivity contribution < 1.29 is 5.11 Å². The highest BCUT2D eigenvalue weighted by Crippen LogP contribution is 2.22. The van der Waals surface area contributed by atoms with Gasteiger partial charge in [0.15, 0.2) is 0 Å². The average molecular weight is 242 g/mol. The number of aliphatic hydroxyl groups excluding tert-OH is 1. The maximum absolute atomic E-state index is 9.32. The molecule has 0 bridgehead atoms. The third-order valence-corrected chi connectivity index (χ3v) is 3.75. The first-order valence-electron chi connectivity index (χ1n) is 5.81. The number of thiazole rings is 1. The van der Waals surface area contributed by atoms with Gasteiger partial charge in [0, 0.05) is 17.0 Å². The summed E-state index contributed by atoms with van der Waals surface area (Å²) in [5.41, 5.74) is 2.96. The second kappa shape index (κ2) is 6.33. The molecule has 4 heteroatoms. The Morgan fingerprint density at radius 1 is 1.44 bits per heavy atom. The molecule has 0 aliphatic heterocycles. The normalized spacial score (nSPS) is 15.4. The van der Waals surface area contributed by atoms with Gasteiger partial charge < -0.3 is 10.4 Å². The number of rotatable bonds is 6.